The van der Waals surface area contributed by atoms with Gasteiger partial charge in [0, 0.05) is 22.5 Å². The highest BCUT2D eigenvalue weighted by Gasteiger charge is 2.47. The molecule has 0 amide bonds. The molecule has 0 radical (unpaired) electrons. The molecule has 0 aromatic heterocycles. The first-order valence-electron chi connectivity index (χ1n) is 25.8. The third-order valence-electron chi connectivity index (χ3n) is 16.3. The minimum absolute atomic E-state index is 0.421. The maximum Gasteiger partial charge on any atom is 0.0714 e. The Labute approximate surface area is 434 Å². The van der Waals surface area contributed by atoms with Crippen LogP contribution in [0.1, 0.15) is 45.9 Å². The predicted octanol–water partition coefficient (Wildman–Crippen LogP) is 19.0. The molecule has 12 aromatic carbocycles. The Kier molecular flexibility index (Phi) is 10.3. The first-order valence-corrected chi connectivity index (χ1v) is 25.8. The van der Waals surface area contributed by atoms with Crippen LogP contribution in [0.5, 0.6) is 0 Å². The first-order chi connectivity index (χ1) is 36.6. The maximum atomic E-state index is 2.49. The molecule has 348 valence electrons. The summed E-state index contributed by atoms with van der Waals surface area (Å²) in [5, 5.41) is 2.52. The van der Waals surface area contributed by atoms with Gasteiger partial charge in [-0.15, -0.1) is 0 Å². The van der Waals surface area contributed by atoms with E-state index in [0.29, 0.717) is 0 Å². The predicted molar refractivity (Wildman–Crippen MR) is 310 cm³/mol. The minimum atomic E-state index is -0.544. The average Bonchev–Trinajstić information content (AvgIpc) is 3.93. The molecule has 0 saturated carbocycles. The highest BCUT2D eigenvalue weighted by Crippen LogP contribution is 2.59. The quantitative estimate of drug-likeness (QED) is 0.139. The molecule has 0 heterocycles. The van der Waals surface area contributed by atoms with Crippen molar-refractivity contribution in [2.45, 2.75) is 17.8 Å². The second-order valence-corrected chi connectivity index (χ2v) is 20.1. The van der Waals surface area contributed by atoms with Crippen LogP contribution in [0.25, 0.3) is 66.4 Å². The van der Waals surface area contributed by atoms with E-state index in [1.807, 2.05) is 0 Å². The molecule has 2 aliphatic carbocycles. The molecular formula is C73H51N. The molecule has 1 nitrogen and oxygen atoms in total. The number of benzene rings is 12. The van der Waals surface area contributed by atoms with Crippen molar-refractivity contribution in [3.05, 3.63) is 330 Å². The number of hydrogen-bond acceptors (Lipinski definition) is 1. The summed E-state index contributed by atoms with van der Waals surface area (Å²) >= 11 is 0. The molecule has 0 N–H and O–H groups in total. The Morgan fingerprint density at radius 1 is 0.270 bits per heavy atom. The highest BCUT2D eigenvalue weighted by atomic mass is 15.1. The molecular weight excluding hydrogens is 891 g/mol. The summed E-state index contributed by atoms with van der Waals surface area (Å²) in [6.45, 7) is 2.43. The van der Waals surface area contributed by atoms with Gasteiger partial charge in [-0.2, -0.15) is 0 Å². The Hall–Kier alpha value is -9.30. The molecule has 2 aliphatic rings. The van der Waals surface area contributed by atoms with Gasteiger partial charge in [-0.25, -0.2) is 0 Å². The normalized spacial score (nSPS) is 14.7. The van der Waals surface area contributed by atoms with E-state index in [2.05, 4.69) is 303 Å². The number of fused-ring (bicyclic) bond motifs is 7. The van der Waals surface area contributed by atoms with Crippen LogP contribution in [-0.4, -0.2) is 0 Å². The molecule has 1 atom stereocenters. The van der Waals surface area contributed by atoms with Gasteiger partial charge >= 0.3 is 0 Å². The van der Waals surface area contributed by atoms with Gasteiger partial charge in [0.25, 0.3) is 0 Å². The summed E-state index contributed by atoms with van der Waals surface area (Å²) < 4.78 is 0. The zero-order valence-electron chi connectivity index (χ0n) is 41.2. The summed E-state index contributed by atoms with van der Waals surface area (Å²) in [6.07, 6.45) is 0. The number of hydrogen-bond donors (Lipinski definition) is 0. The lowest BCUT2D eigenvalue weighted by Gasteiger charge is -2.35. The Morgan fingerprint density at radius 3 is 1.41 bits per heavy atom. The lowest BCUT2D eigenvalue weighted by molar-refractivity contribution is 0.714. The van der Waals surface area contributed by atoms with Crippen molar-refractivity contribution in [3.63, 3.8) is 0 Å². The van der Waals surface area contributed by atoms with E-state index in [4.69, 9.17) is 0 Å². The second-order valence-electron chi connectivity index (χ2n) is 20.1. The fourth-order valence-corrected chi connectivity index (χ4v) is 12.8. The molecule has 12 aromatic rings. The van der Waals surface area contributed by atoms with Crippen LogP contribution >= 0.6 is 0 Å². The Balaban J connectivity index is 0.964. The monoisotopic (exact) mass is 941 g/mol. The molecule has 0 saturated heterocycles. The van der Waals surface area contributed by atoms with E-state index in [1.165, 1.54) is 105 Å². The molecule has 14 rings (SSSR count). The van der Waals surface area contributed by atoms with E-state index in [-0.39, 0.29) is 0 Å². The van der Waals surface area contributed by atoms with Gasteiger partial charge in [0.2, 0.25) is 0 Å². The van der Waals surface area contributed by atoms with Crippen LogP contribution in [0.4, 0.5) is 17.1 Å². The molecule has 0 bridgehead atoms. The lowest BCUT2D eigenvalue weighted by Crippen LogP contribution is -2.28. The van der Waals surface area contributed by atoms with Crippen molar-refractivity contribution in [2.24, 2.45) is 0 Å². The first kappa shape index (κ1) is 43.5. The van der Waals surface area contributed by atoms with Crippen molar-refractivity contribution in [1.82, 2.24) is 0 Å². The smallest absolute Gasteiger partial charge is 0.0714 e. The van der Waals surface area contributed by atoms with Crippen LogP contribution < -0.4 is 4.90 Å². The van der Waals surface area contributed by atoms with E-state index < -0.39 is 10.8 Å². The molecule has 0 fully saturated rings. The van der Waals surface area contributed by atoms with Crippen LogP contribution in [-0.2, 0) is 10.8 Å². The van der Waals surface area contributed by atoms with Crippen molar-refractivity contribution >= 4 is 27.8 Å². The average molecular weight is 942 g/mol. The molecule has 0 spiro atoms. The maximum absolute atomic E-state index is 2.49. The van der Waals surface area contributed by atoms with Gasteiger partial charge in [-0.3, -0.25) is 0 Å². The SMILES string of the molecule is CC1(c2ccccc2)c2cc(N(c3ccc(-c4ccc(-c5cccc6ccccc56)cc4)cc3)c3ccc4c(c3)C(c3ccccc3)(c3ccccc3)c3ccccc3-4)ccc2-c2c(-c3ccccc3)cccc21. The third kappa shape index (κ3) is 6.70. The topological polar surface area (TPSA) is 3.24 Å². The van der Waals surface area contributed by atoms with E-state index in [9.17, 15) is 0 Å². The Bertz CT molecular complexity index is 4000. The number of anilines is 3. The summed E-state index contributed by atoms with van der Waals surface area (Å²) in [6, 6.07) is 108. The molecule has 1 unspecified atom stereocenters. The molecule has 74 heavy (non-hydrogen) atoms. The molecule has 1 heteroatoms. The van der Waals surface area contributed by atoms with Crippen molar-refractivity contribution in [3.8, 4) is 55.6 Å². The third-order valence-corrected chi connectivity index (χ3v) is 16.3. The van der Waals surface area contributed by atoms with Gasteiger partial charge < -0.3 is 4.90 Å². The van der Waals surface area contributed by atoms with Gasteiger partial charge in [0.15, 0.2) is 0 Å². The van der Waals surface area contributed by atoms with Gasteiger partial charge in [0.05, 0.1) is 5.41 Å². The lowest BCUT2D eigenvalue weighted by atomic mass is 9.67. The zero-order chi connectivity index (χ0) is 49.2. The van der Waals surface area contributed by atoms with Crippen molar-refractivity contribution in [2.75, 3.05) is 4.90 Å². The second kappa shape index (κ2) is 17.5. The van der Waals surface area contributed by atoms with Gasteiger partial charge in [-0.05, 0) is 149 Å². The fraction of sp³-hybridized carbons (Fsp3) is 0.0411. The van der Waals surface area contributed by atoms with Crippen LogP contribution in [0.15, 0.2) is 291 Å². The van der Waals surface area contributed by atoms with Crippen molar-refractivity contribution in [1.29, 1.82) is 0 Å². The van der Waals surface area contributed by atoms with E-state index >= 15 is 0 Å². The van der Waals surface area contributed by atoms with Crippen LogP contribution in [0.2, 0.25) is 0 Å². The Morgan fingerprint density at radius 2 is 0.716 bits per heavy atom. The van der Waals surface area contributed by atoms with E-state index in [1.54, 1.807) is 0 Å². The van der Waals surface area contributed by atoms with Crippen molar-refractivity contribution < 1.29 is 0 Å². The van der Waals surface area contributed by atoms with Gasteiger partial charge in [-0.1, -0.05) is 255 Å². The summed E-state index contributed by atoms with van der Waals surface area (Å²) in [7, 11) is 0. The summed E-state index contributed by atoms with van der Waals surface area (Å²) in [5.74, 6) is 0. The number of rotatable bonds is 9. The fourth-order valence-electron chi connectivity index (χ4n) is 12.8. The summed E-state index contributed by atoms with van der Waals surface area (Å²) in [5.41, 5.74) is 23.7. The minimum Gasteiger partial charge on any atom is -0.310 e. The van der Waals surface area contributed by atoms with Crippen LogP contribution in [0, 0.1) is 0 Å². The largest absolute Gasteiger partial charge is 0.310 e. The molecule has 0 aliphatic heterocycles. The summed E-state index contributed by atoms with van der Waals surface area (Å²) in [4.78, 5) is 2.49. The zero-order valence-corrected chi connectivity index (χ0v) is 41.2. The number of nitrogens with zero attached hydrogens (tertiary/aromatic N) is 1. The standard InChI is InChI=1S/C73H51N/c1-72(55-24-8-3-9-25-55)68-35-19-33-63(53-20-6-2-7-21-53)71(68)66-47-45-59(48-69(66)72)74(58-42-40-51(41-43-58)50-36-38-54(39-37-50)62-32-18-23-52-22-14-15-30-61(52)62)60-44-46-65-64-31-16-17-34-67(64)73(70(65)49-60,56-26-10-4-11-27-56)57-28-12-5-13-29-57/h2-49H,1H3. The van der Waals surface area contributed by atoms with Gasteiger partial charge in [0.1, 0.15) is 0 Å². The van der Waals surface area contributed by atoms with E-state index in [0.717, 1.165) is 17.1 Å². The highest BCUT2D eigenvalue weighted by molar-refractivity contribution is 5.98. The van der Waals surface area contributed by atoms with Crippen LogP contribution in [0.3, 0.4) is 0 Å².